The molecule has 2 aromatic carbocycles. The van der Waals surface area contributed by atoms with E-state index in [1.807, 2.05) is 29.2 Å². The highest BCUT2D eigenvalue weighted by Crippen LogP contribution is 2.37. The highest BCUT2D eigenvalue weighted by molar-refractivity contribution is 6.74. The third-order valence-electron chi connectivity index (χ3n) is 6.06. The van der Waals surface area contributed by atoms with E-state index in [4.69, 9.17) is 4.43 Å². The molecule has 1 aliphatic rings. The summed E-state index contributed by atoms with van der Waals surface area (Å²) < 4.78 is 6.53. The van der Waals surface area contributed by atoms with Gasteiger partial charge in [-0.2, -0.15) is 0 Å². The van der Waals surface area contributed by atoms with Crippen molar-refractivity contribution in [1.82, 2.24) is 4.90 Å². The number of rotatable bonds is 6. The summed E-state index contributed by atoms with van der Waals surface area (Å²) in [5.41, 5.74) is 3.20. The molecule has 0 aliphatic carbocycles. The zero-order valence-corrected chi connectivity index (χ0v) is 18.2. The van der Waals surface area contributed by atoms with E-state index >= 15 is 0 Å². The number of carbonyl (C=O) groups excluding carboxylic acids is 1. The lowest BCUT2D eigenvalue weighted by atomic mass is 9.99. The SMILES string of the molecule is CC(C)(C)[Si](C)(C)OCC(CN1Cc2ccccc2C1=O)c1ccccc1. The first-order valence-electron chi connectivity index (χ1n) is 9.75. The zero-order valence-electron chi connectivity index (χ0n) is 17.2. The Bertz CT molecular complexity index is 796. The molecular formula is C23H31NO2Si. The second-order valence-electron chi connectivity index (χ2n) is 9.02. The second kappa shape index (κ2) is 7.61. The van der Waals surface area contributed by atoms with Crippen LogP contribution >= 0.6 is 0 Å². The minimum Gasteiger partial charge on any atom is -0.416 e. The van der Waals surface area contributed by atoms with Gasteiger partial charge in [0.25, 0.3) is 5.91 Å². The predicted octanol–water partition coefficient (Wildman–Crippen LogP) is 5.45. The molecule has 1 aliphatic heterocycles. The van der Waals surface area contributed by atoms with Crippen LogP contribution in [0.15, 0.2) is 54.6 Å². The molecule has 144 valence electrons. The molecule has 1 unspecified atom stereocenters. The van der Waals surface area contributed by atoms with E-state index in [0.717, 1.165) is 11.1 Å². The summed E-state index contributed by atoms with van der Waals surface area (Å²) in [6.07, 6.45) is 0. The van der Waals surface area contributed by atoms with Gasteiger partial charge in [-0.3, -0.25) is 4.79 Å². The third-order valence-corrected chi connectivity index (χ3v) is 10.6. The van der Waals surface area contributed by atoms with E-state index in [1.54, 1.807) is 0 Å². The zero-order chi connectivity index (χ0) is 19.7. The van der Waals surface area contributed by atoms with Crippen LogP contribution in [-0.2, 0) is 11.0 Å². The highest BCUT2D eigenvalue weighted by Gasteiger charge is 2.38. The lowest BCUT2D eigenvalue weighted by molar-refractivity contribution is 0.0755. The van der Waals surface area contributed by atoms with E-state index in [9.17, 15) is 4.79 Å². The minimum absolute atomic E-state index is 0.138. The molecule has 0 aromatic heterocycles. The van der Waals surface area contributed by atoms with Crippen molar-refractivity contribution in [3.05, 3.63) is 71.3 Å². The Kier molecular flexibility index (Phi) is 5.59. The number of nitrogens with zero attached hydrogens (tertiary/aromatic N) is 1. The first kappa shape index (κ1) is 19.8. The number of benzene rings is 2. The molecule has 3 rings (SSSR count). The quantitative estimate of drug-likeness (QED) is 0.623. The predicted molar refractivity (Wildman–Crippen MR) is 114 cm³/mol. The smallest absolute Gasteiger partial charge is 0.254 e. The Morgan fingerprint density at radius 3 is 2.30 bits per heavy atom. The summed E-state index contributed by atoms with van der Waals surface area (Å²) in [5.74, 6) is 0.317. The minimum atomic E-state index is -1.84. The summed E-state index contributed by atoms with van der Waals surface area (Å²) in [6.45, 7) is 13.4. The van der Waals surface area contributed by atoms with Gasteiger partial charge < -0.3 is 9.33 Å². The van der Waals surface area contributed by atoms with Crippen LogP contribution in [-0.4, -0.2) is 32.3 Å². The Labute approximate surface area is 164 Å². The summed E-state index contributed by atoms with van der Waals surface area (Å²) >= 11 is 0. The molecular weight excluding hydrogens is 350 g/mol. The molecule has 1 atom stereocenters. The van der Waals surface area contributed by atoms with Gasteiger partial charge in [0.05, 0.1) is 0 Å². The maximum atomic E-state index is 12.8. The molecule has 1 amide bonds. The lowest BCUT2D eigenvalue weighted by Crippen LogP contribution is -2.42. The van der Waals surface area contributed by atoms with E-state index in [-0.39, 0.29) is 16.9 Å². The molecule has 2 aromatic rings. The number of fused-ring (bicyclic) bond motifs is 1. The number of amides is 1. The summed E-state index contributed by atoms with van der Waals surface area (Å²) in [4.78, 5) is 14.8. The molecule has 0 N–H and O–H groups in total. The van der Waals surface area contributed by atoms with Gasteiger partial charge in [-0.05, 0) is 35.3 Å². The topological polar surface area (TPSA) is 29.5 Å². The van der Waals surface area contributed by atoms with Crippen LogP contribution in [0.3, 0.4) is 0 Å². The molecule has 4 heteroatoms. The highest BCUT2D eigenvalue weighted by atomic mass is 28.4. The standard InChI is InChI=1S/C23H31NO2Si/c1-23(2,3)27(4,5)26-17-20(18-11-7-6-8-12-18)16-24-15-19-13-9-10-14-21(19)22(24)25/h6-14,20H,15-17H2,1-5H3. The van der Waals surface area contributed by atoms with E-state index < -0.39 is 8.32 Å². The van der Waals surface area contributed by atoms with Gasteiger partial charge in [-0.15, -0.1) is 0 Å². The summed E-state index contributed by atoms with van der Waals surface area (Å²) in [7, 11) is -1.84. The monoisotopic (exact) mass is 381 g/mol. The molecule has 0 fully saturated rings. The van der Waals surface area contributed by atoms with Crippen molar-refractivity contribution in [3.63, 3.8) is 0 Å². The van der Waals surface area contributed by atoms with Crippen molar-refractivity contribution in [3.8, 4) is 0 Å². The largest absolute Gasteiger partial charge is 0.416 e. The van der Waals surface area contributed by atoms with Gasteiger partial charge in [0, 0.05) is 31.2 Å². The van der Waals surface area contributed by atoms with Gasteiger partial charge in [0.2, 0.25) is 0 Å². The summed E-state index contributed by atoms with van der Waals surface area (Å²) in [5, 5.41) is 0.175. The Hall–Kier alpha value is -1.91. The second-order valence-corrected chi connectivity index (χ2v) is 13.8. The average Bonchev–Trinajstić information content (AvgIpc) is 2.94. The van der Waals surface area contributed by atoms with Crippen LogP contribution < -0.4 is 0 Å². The van der Waals surface area contributed by atoms with Crippen LogP contribution in [0.4, 0.5) is 0 Å². The summed E-state index contributed by atoms with van der Waals surface area (Å²) in [6, 6.07) is 18.4. The van der Waals surface area contributed by atoms with Crippen molar-refractivity contribution in [2.45, 2.75) is 51.4 Å². The van der Waals surface area contributed by atoms with Crippen LogP contribution in [0, 0.1) is 0 Å². The van der Waals surface area contributed by atoms with Gasteiger partial charge >= 0.3 is 0 Å². The van der Waals surface area contributed by atoms with Crippen LogP contribution in [0.25, 0.3) is 0 Å². The van der Waals surface area contributed by atoms with Gasteiger partial charge in [0.15, 0.2) is 8.32 Å². The Morgan fingerprint density at radius 1 is 1.04 bits per heavy atom. The van der Waals surface area contributed by atoms with Crippen LogP contribution in [0.5, 0.6) is 0 Å². The fraction of sp³-hybridized carbons (Fsp3) is 0.435. The van der Waals surface area contributed by atoms with Crippen molar-refractivity contribution in [1.29, 1.82) is 0 Å². The third kappa shape index (κ3) is 4.33. The van der Waals surface area contributed by atoms with E-state index in [2.05, 4.69) is 64.2 Å². The maximum absolute atomic E-state index is 12.8. The van der Waals surface area contributed by atoms with E-state index in [1.165, 1.54) is 5.56 Å². The van der Waals surface area contributed by atoms with Crippen molar-refractivity contribution >= 4 is 14.2 Å². The fourth-order valence-corrected chi connectivity index (χ4v) is 4.28. The molecule has 0 saturated heterocycles. The number of hydrogen-bond acceptors (Lipinski definition) is 2. The normalized spacial score (nSPS) is 15.7. The first-order valence-corrected chi connectivity index (χ1v) is 12.7. The molecule has 0 radical (unpaired) electrons. The average molecular weight is 382 g/mol. The molecule has 0 spiro atoms. The Balaban J connectivity index is 1.77. The fourth-order valence-electron chi connectivity index (χ4n) is 3.23. The van der Waals surface area contributed by atoms with Gasteiger partial charge in [0.1, 0.15) is 0 Å². The van der Waals surface area contributed by atoms with Crippen molar-refractivity contribution in [2.75, 3.05) is 13.2 Å². The maximum Gasteiger partial charge on any atom is 0.254 e. The number of hydrogen-bond donors (Lipinski definition) is 0. The van der Waals surface area contributed by atoms with Crippen LogP contribution in [0.2, 0.25) is 18.1 Å². The molecule has 3 nitrogen and oxygen atoms in total. The van der Waals surface area contributed by atoms with Gasteiger partial charge in [-0.25, -0.2) is 0 Å². The molecule has 27 heavy (non-hydrogen) atoms. The van der Waals surface area contributed by atoms with E-state index in [0.29, 0.717) is 19.7 Å². The van der Waals surface area contributed by atoms with Gasteiger partial charge in [-0.1, -0.05) is 69.3 Å². The lowest BCUT2D eigenvalue weighted by Gasteiger charge is -2.37. The van der Waals surface area contributed by atoms with Crippen molar-refractivity contribution in [2.24, 2.45) is 0 Å². The van der Waals surface area contributed by atoms with Crippen molar-refractivity contribution < 1.29 is 9.22 Å². The molecule has 1 heterocycles. The number of carbonyl (C=O) groups is 1. The van der Waals surface area contributed by atoms with Crippen LogP contribution in [0.1, 0.15) is 48.2 Å². The molecule has 0 saturated carbocycles. The Morgan fingerprint density at radius 2 is 1.67 bits per heavy atom. The molecule has 0 bridgehead atoms. The first-order chi connectivity index (χ1) is 12.7.